The lowest BCUT2D eigenvalue weighted by atomic mass is 10.00. The molecule has 1 unspecified atom stereocenters. The molecule has 0 fully saturated rings. The summed E-state index contributed by atoms with van der Waals surface area (Å²) in [6, 6.07) is 7.92. The Labute approximate surface area is 106 Å². The highest BCUT2D eigenvalue weighted by Crippen LogP contribution is 2.15. The average Bonchev–Trinajstić information content (AvgIpc) is 2.78. The zero-order valence-corrected chi connectivity index (χ0v) is 10.6. The third kappa shape index (κ3) is 2.36. The van der Waals surface area contributed by atoms with Crippen molar-refractivity contribution < 1.29 is 9.53 Å². The number of nitrogens with two attached hydrogens (primary N) is 1. The number of nitrogens with zero attached hydrogens (tertiary/aromatic N) is 2. The molecule has 0 spiro atoms. The van der Waals surface area contributed by atoms with E-state index in [1.54, 1.807) is 13.1 Å². The van der Waals surface area contributed by atoms with Crippen LogP contribution in [0.25, 0.3) is 10.9 Å². The normalized spacial score (nSPS) is 14.4. The van der Waals surface area contributed by atoms with Gasteiger partial charge in [-0.25, -0.2) is 0 Å². The number of hydrogen-bond donors (Lipinski definition) is 1. The maximum Gasteiger partial charge on any atom is 0.325 e. The summed E-state index contributed by atoms with van der Waals surface area (Å²) >= 11 is 0. The molecule has 96 valence electrons. The van der Waals surface area contributed by atoms with Crippen LogP contribution in [0.15, 0.2) is 30.5 Å². The number of benzene rings is 1. The van der Waals surface area contributed by atoms with E-state index in [9.17, 15) is 4.79 Å². The highest BCUT2D eigenvalue weighted by molar-refractivity contribution is 5.80. The van der Waals surface area contributed by atoms with Crippen LogP contribution in [0.1, 0.15) is 13.3 Å². The summed E-state index contributed by atoms with van der Waals surface area (Å²) in [6.45, 7) is 2.25. The highest BCUT2D eigenvalue weighted by Gasteiger charge is 2.29. The highest BCUT2D eigenvalue weighted by atomic mass is 16.5. The van der Waals surface area contributed by atoms with Crippen molar-refractivity contribution in [1.29, 1.82) is 0 Å². The van der Waals surface area contributed by atoms with Gasteiger partial charge in [0.1, 0.15) is 5.54 Å². The summed E-state index contributed by atoms with van der Waals surface area (Å²) < 4.78 is 6.53. The molecule has 2 N–H and O–H groups in total. The molecule has 0 aliphatic rings. The van der Waals surface area contributed by atoms with Crippen LogP contribution in [-0.2, 0) is 16.1 Å². The fourth-order valence-electron chi connectivity index (χ4n) is 1.88. The Morgan fingerprint density at radius 1 is 1.50 bits per heavy atom. The number of carbonyl (C=O) groups is 1. The number of carbonyl (C=O) groups excluding carboxylic acids is 1. The SMILES string of the molecule is COC(=O)C(C)(N)CCn1ncc2ccccc21. The molecule has 0 aliphatic heterocycles. The van der Waals surface area contributed by atoms with Crippen LogP contribution in [-0.4, -0.2) is 28.4 Å². The minimum absolute atomic E-state index is 0.404. The van der Waals surface area contributed by atoms with E-state index in [1.165, 1.54) is 7.11 Å². The van der Waals surface area contributed by atoms with Crippen LogP contribution in [0.2, 0.25) is 0 Å². The van der Waals surface area contributed by atoms with Crippen molar-refractivity contribution in [3.8, 4) is 0 Å². The van der Waals surface area contributed by atoms with Crippen LogP contribution in [0, 0.1) is 0 Å². The van der Waals surface area contributed by atoms with Crippen molar-refractivity contribution in [3.63, 3.8) is 0 Å². The average molecular weight is 247 g/mol. The Bertz CT molecular complexity index is 560. The van der Waals surface area contributed by atoms with Gasteiger partial charge in [-0.15, -0.1) is 0 Å². The molecule has 0 saturated carbocycles. The number of aromatic nitrogens is 2. The van der Waals surface area contributed by atoms with E-state index < -0.39 is 11.5 Å². The van der Waals surface area contributed by atoms with Crippen molar-refractivity contribution in [3.05, 3.63) is 30.5 Å². The first-order valence-electron chi connectivity index (χ1n) is 5.82. The number of methoxy groups -OCH3 is 1. The lowest BCUT2D eigenvalue weighted by Crippen LogP contribution is -2.46. The van der Waals surface area contributed by atoms with E-state index in [0.29, 0.717) is 13.0 Å². The minimum Gasteiger partial charge on any atom is -0.468 e. The molecule has 0 bridgehead atoms. The summed E-state index contributed by atoms with van der Waals surface area (Å²) in [6.07, 6.45) is 2.28. The molecule has 18 heavy (non-hydrogen) atoms. The van der Waals surface area contributed by atoms with Crippen molar-refractivity contribution in [1.82, 2.24) is 9.78 Å². The van der Waals surface area contributed by atoms with E-state index in [4.69, 9.17) is 5.73 Å². The molecule has 2 aromatic rings. The molecular weight excluding hydrogens is 230 g/mol. The Hall–Kier alpha value is -1.88. The van der Waals surface area contributed by atoms with Gasteiger partial charge in [-0.1, -0.05) is 18.2 Å². The fraction of sp³-hybridized carbons (Fsp3) is 0.385. The maximum atomic E-state index is 11.5. The number of rotatable bonds is 4. The van der Waals surface area contributed by atoms with Crippen molar-refractivity contribution in [2.75, 3.05) is 7.11 Å². The quantitative estimate of drug-likeness (QED) is 0.827. The second-order valence-electron chi connectivity index (χ2n) is 4.59. The second kappa shape index (κ2) is 4.78. The summed E-state index contributed by atoms with van der Waals surface area (Å²) in [4.78, 5) is 11.5. The van der Waals surface area contributed by atoms with Crippen LogP contribution >= 0.6 is 0 Å². The molecule has 2 rings (SSSR count). The molecule has 1 atom stereocenters. The Morgan fingerprint density at radius 3 is 2.94 bits per heavy atom. The van der Waals surface area contributed by atoms with Crippen LogP contribution in [0.5, 0.6) is 0 Å². The third-order valence-corrected chi connectivity index (χ3v) is 3.05. The molecule has 1 heterocycles. The van der Waals surface area contributed by atoms with Gasteiger partial charge in [-0.3, -0.25) is 9.48 Å². The predicted octanol–water partition coefficient (Wildman–Crippen LogP) is 1.32. The molecule has 0 aliphatic carbocycles. The van der Waals surface area contributed by atoms with Gasteiger partial charge in [0.15, 0.2) is 0 Å². The standard InChI is InChI=1S/C13H17N3O2/c1-13(14,12(17)18-2)7-8-16-11-6-4-3-5-10(11)9-15-16/h3-6,9H,7-8,14H2,1-2H3. The summed E-state index contributed by atoms with van der Waals surface area (Å²) in [5.74, 6) is -0.404. The fourth-order valence-corrected chi connectivity index (χ4v) is 1.88. The predicted molar refractivity (Wildman–Crippen MR) is 69.0 cm³/mol. The third-order valence-electron chi connectivity index (χ3n) is 3.05. The minimum atomic E-state index is -0.984. The topological polar surface area (TPSA) is 70.1 Å². The molecule has 0 saturated heterocycles. The number of fused-ring (bicyclic) bond motifs is 1. The van der Waals surface area contributed by atoms with Gasteiger partial charge in [0.25, 0.3) is 0 Å². The summed E-state index contributed by atoms with van der Waals surface area (Å²) in [7, 11) is 1.34. The van der Waals surface area contributed by atoms with Gasteiger partial charge in [0, 0.05) is 11.9 Å². The van der Waals surface area contributed by atoms with Crippen LogP contribution in [0.3, 0.4) is 0 Å². The number of esters is 1. The van der Waals surface area contributed by atoms with Gasteiger partial charge in [0.05, 0.1) is 18.8 Å². The van der Waals surface area contributed by atoms with E-state index >= 15 is 0 Å². The van der Waals surface area contributed by atoms with E-state index in [-0.39, 0.29) is 0 Å². The number of para-hydroxylation sites is 1. The van der Waals surface area contributed by atoms with E-state index in [0.717, 1.165) is 10.9 Å². The first-order chi connectivity index (χ1) is 8.54. The molecule has 0 amide bonds. The van der Waals surface area contributed by atoms with Gasteiger partial charge >= 0.3 is 5.97 Å². The lowest BCUT2D eigenvalue weighted by molar-refractivity contribution is -0.146. The van der Waals surface area contributed by atoms with Gasteiger partial charge in [-0.2, -0.15) is 5.10 Å². The van der Waals surface area contributed by atoms with Gasteiger partial charge < -0.3 is 10.5 Å². The molecule has 0 radical (unpaired) electrons. The Morgan fingerprint density at radius 2 is 2.22 bits per heavy atom. The van der Waals surface area contributed by atoms with Crippen molar-refractivity contribution in [2.45, 2.75) is 25.4 Å². The Balaban J connectivity index is 2.13. The Kier molecular flexibility index (Phi) is 3.34. The first-order valence-corrected chi connectivity index (χ1v) is 5.82. The second-order valence-corrected chi connectivity index (χ2v) is 4.59. The van der Waals surface area contributed by atoms with Crippen molar-refractivity contribution >= 4 is 16.9 Å². The number of ether oxygens (including phenoxy) is 1. The smallest absolute Gasteiger partial charge is 0.325 e. The maximum absolute atomic E-state index is 11.5. The first kappa shape index (κ1) is 12.6. The molecular formula is C13H17N3O2. The van der Waals surface area contributed by atoms with E-state index in [2.05, 4.69) is 9.84 Å². The number of aryl methyl sites for hydroxylation is 1. The van der Waals surface area contributed by atoms with Crippen LogP contribution < -0.4 is 5.73 Å². The molecule has 1 aromatic heterocycles. The zero-order valence-electron chi connectivity index (χ0n) is 10.6. The number of hydrogen-bond acceptors (Lipinski definition) is 4. The monoisotopic (exact) mass is 247 g/mol. The van der Waals surface area contributed by atoms with Crippen molar-refractivity contribution in [2.24, 2.45) is 5.73 Å². The molecule has 5 heteroatoms. The van der Waals surface area contributed by atoms with Gasteiger partial charge in [0.2, 0.25) is 0 Å². The largest absolute Gasteiger partial charge is 0.468 e. The van der Waals surface area contributed by atoms with Crippen LogP contribution in [0.4, 0.5) is 0 Å². The van der Waals surface area contributed by atoms with E-state index in [1.807, 2.05) is 28.9 Å². The molecule has 1 aromatic carbocycles. The summed E-state index contributed by atoms with van der Waals surface area (Å²) in [5.41, 5.74) is 5.97. The van der Waals surface area contributed by atoms with Gasteiger partial charge in [-0.05, 0) is 19.4 Å². The summed E-state index contributed by atoms with van der Waals surface area (Å²) in [5, 5.41) is 5.37. The lowest BCUT2D eigenvalue weighted by Gasteiger charge is -2.21. The molecule has 5 nitrogen and oxygen atoms in total. The zero-order chi connectivity index (χ0) is 13.2.